The molecule has 0 saturated carbocycles. The molecule has 4 nitrogen and oxygen atoms in total. The Morgan fingerprint density at radius 2 is 1.78 bits per heavy atom. The molecule has 1 aromatic heterocycles. The van der Waals surface area contributed by atoms with Crippen molar-refractivity contribution in [3.63, 3.8) is 0 Å². The van der Waals surface area contributed by atoms with Crippen molar-refractivity contribution in [1.29, 1.82) is 0 Å². The molecule has 1 heterocycles. The summed E-state index contributed by atoms with van der Waals surface area (Å²) in [6.07, 6.45) is -5.80. The van der Waals surface area contributed by atoms with Crippen molar-refractivity contribution < 1.29 is 26.9 Å². The average molecular weight is 313 g/mol. The molecule has 11 heteroatoms. The summed E-state index contributed by atoms with van der Waals surface area (Å²) in [6, 6.07) is -1.04. The third-order valence-electron chi connectivity index (χ3n) is 1.87. The number of nitrogens with zero attached hydrogens (tertiary/aromatic N) is 1. The van der Waals surface area contributed by atoms with Crippen molar-refractivity contribution in [2.45, 2.75) is 18.1 Å². The van der Waals surface area contributed by atoms with Crippen LogP contribution in [0.15, 0.2) is 12.1 Å². The summed E-state index contributed by atoms with van der Waals surface area (Å²) in [6.45, 7) is 0. The highest BCUT2D eigenvalue weighted by Gasteiger charge is 2.62. The molecule has 1 aromatic rings. The molecule has 1 rings (SSSR count). The molecule has 0 amide bonds. The zero-order valence-corrected chi connectivity index (χ0v) is 9.91. The predicted octanol–water partition coefficient (Wildman–Crippen LogP) is 3.28. The number of rotatable bonds is 3. The van der Waals surface area contributed by atoms with E-state index in [1.807, 2.05) is 0 Å². The van der Waals surface area contributed by atoms with Crippen LogP contribution in [0.5, 0.6) is 0 Å². The van der Waals surface area contributed by atoms with E-state index in [2.05, 4.69) is 0 Å². The first-order chi connectivity index (χ1) is 7.57. The number of hydrogen-bond acceptors (Lipinski definition) is 4. The highest BCUT2D eigenvalue weighted by molar-refractivity contribution is 7.15. The summed E-state index contributed by atoms with van der Waals surface area (Å²) in [5.41, 5.74) is 4.79. The molecule has 0 saturated heterocycles. The van der Waals surface area contributed by atoms with Gasteiger partial charge in [0, 0.05) is 10.9 Å². The zero-order chi connectivity index (χ0) is 13.4. The summed E-state index contributed by atoms with van der Waals surface area (Å²) < 4.78 is 61.5. The van der Waals surface area contributed by atoms with Crippen molar-refractivity contribution in [1.82, 2.24) is 0 Å². The average Bonchev–Trinajstić information content (AvgIpc) is 2.63. The van der Waals surface area contributed by atoms with E-state index in [0.717, 1.165) is 12.1 Å². The molecule has 0 fully saturated rings. The fraction of sp³-hybridized carbons (Fsp3) is 0.429. The molecule has 0 unspecified atom stereocenters. The van der Waals surface area contributed by atoms with Crippen LogP contribution < -0.4 is 5.73 Å². The van der Waals surface area contributed by atoms with E-state index in [1.54, 1.807) is 0 Å². The summed E-state index contributed by atoms with van der Waals surface area (Å²) in [7, 11) is 0. The minimum atomic E-state index is -5.80. The molecule has 0 aromatic carbocycles. The van der Waals surface area contributed by atoms with E-state index in [0.29, 0.717) is 0 Å². The van der Waals surface area contributed by atoms with Gasteiger partial charge in [0.05, 0.1) is 4.92 Å². The van der Waals surface area contributed by atoms with Crippen LogP contribution in [0.4, 0.5) is 27.0 Å². The summed E-state index contributed by atoms with van der Waals surface area (Å²) in [4.78, 5) is 8.75. The number of nitro groups is 1. The van der Waals surface area contributed by atoms with Gasteiger partial charge in [-0.1, -0.05) is 11.3 Å². The monoisotopic (exact) mass is 312 g/mol. The van der Waals surface area contributed by atoms with Crippen molar-refractivity contribution >= 4 is 28.7 Å². The third-order valence-corrected chi connectivity index (χ3v) is 2.99. The quantitative estimate of drug-likeness (QED) is 0.529. The Morgan fingerprint density at radius 1 is 1.28 bits per heavy atom. The Morgan fingerprint density at radius 3 is 2.11 bits per heavy atom. The second-order valence-corrected chi connectivity index (χ2v) is 4.13. The molecular formula is C7H6ClF5N2O2S. The first-order valence-electron chi connectivity index (χ1n) is 4.01. The van der Waals surface area contributed by atoms with E-state index in [9.17, 15) is 32.1 Å². The molecule has 0 aliphatic carbocycles. The van der Waals surface area contributed by atoms with Crippen LogP contribution in [0.25, 0.3) is 0 Å². The smallest absolute Gasteiger partial charge is 0.318 e. The second-order valence-electron chi connectivity index (χ2n) is 3.03. The Hall–Kier alpha value is -1.00. The van der Waals surface area contributed by atoms with Gasteiger partial charge < -0.3 is 5.73 Å². The van der Waals surface area contributed by atoms with E-state index in [1.165, 1.54) is 0 Å². The van der Waals surface area contributed by atoms with Gasteiger partial charge in [-0.05, 0) is 6.07 Å². The summed E-state index contributed by atoms with van der Waals surface area (Å²) in [5.74, 6) is -5.13. The molecule has 18 heavy (non-hydrogen) atoms. The maximum absolute atomic E-state index is 12.8. The molecule has 0 bridgehead atoms. The van der Waals surface area contributed by atoms with E-state index >= 15 is 0 Å². The van der Waals surface area contributed by atoms with Gasteiger partial charge in [0.2, 0.25) is 0 Å². The van der Waals surface area contributed by atoms with Gasteiger partial charge in [-0.3, -0.25) is 10.1 Å². The van der Waals surface area contributed by atoms with Crippen LogP contribution in [0.2, 0.25) is 0 Å². The predicted molar refractivity (Wildman–Crippen MR) is 56.2 cm³/mol. The van der Waals surface area contributed by atoms with E-state index in [-0.39, 0.29) is 23.7 Å². The van der Waals surface area contributed by atoms with Gasteiger partial charge in [-0.15, -0.1) is 12.4 Å². The molecule has 104 valence electrons. The lowest BCUT2D eigenvalue weighted by molar-refractivity contribution is -0.380. The fourth-order valence-corrected chi connectivity index (χ4v) is 1.83. The first kappa shape index (κ1) is 17.0. The highest BCUT2D eigenvalue weighted by Crippen LogP contribution is 2.45. The molecule has 2 N–H and O–H groups in total. The van der Waals surface area contributed by atoms with Crippen molar-refractivity contribution in [3.05, 3.63) is 27.1 Å². The molecule has 0 aliphatic heterocycles. The van der Waals surface area contributed by atoms with Gasteiger partial charge in [-0.2, -0.15) is 22.0 Å². The van der Waals surface area contributed by atoms with Crippen LogP contribution in [0.1, 0.15) is 10.9 Å². The SMILES string of the molecule is Cl.N[C@@H](c1ccc([N+](=O)[O-])s1)C(F)(F)C(F)(F)F. The molecule has 0 spiro atoms. The topological polar surface area (TPSA) is 69.2 Å². The summed E-state index contributed by atoms with van der Waals surface area (Å²) >= 11 is 0.188. The van der Waals surface area contributed by atoms with Crippen LogP contribution in [-0.2, 0) is 0 Å². The van der Waals surface area contributed by atoms with Gasteiger partial charge in [0.1, 0.15) is 6.04 Å². The van der Waals surface area contributed by atoms with E-state index in [4.69, 9.17) is 5.73 Å². The Kier molecular flexibility index (Phi) is 5.03. The number of hydrogen-bond donors (Lipinski definition) is 1. The highest BCUT2D eigenvalue weighted by atomic mass is 35.5. The summed E-state index contributed by atoms with van der Waals surface area (Å²) in [5, 5.41) is 9.70. The van der Waals surface area contributed by atoms with Crippen LogP contribution in [0.3, 0.4) is 0 Å². The number of alkyl halides is 5. The first-order valence-corrected chi connectivity index (χ1v) is 4.83. The van der Waals surface area contributed by atoms with Gasteiger partial charge >= 0.3 is 17.1 Å². The van der Waals surface area contributed by atoms with Gasteiger partial charge in [-0.25, -0.2) is 0 Å². The lowest BCUT2D eigenvalue weighted by atomic mass is 10.1. The van der Waals surface area contributed by atoms with Gasteiger partial charge in [0.25, 0.3) is 0 Å². The van der Waals surface area contributed by atoms with E-state index < -0.39 is 32.9 Å². The number of halogens is 6. The maximum atomic E-state index is 12.8. The standard InChI is InChI=1S/C7H5F5N2O2S.ClH/c8-6(9,7(10,11)12)5(13)3-1-2-4(17-3)14(15)16;/h1-2,5H,13H2;1H/t5-;/m0./s1. The van der Waals surface area contributed by atoms with Crippen molar-refractivity contribution in [2.24, 2.45) is 5.73 Å². The Bertz CT molecular complexity index is 436. The minimum absolute atomic E-state index is 0. The number of nitrogens with two attached hydrogens (primary N) is 1. The van der Waals surface area contributed by atoms with Crippen molar-refractivity contribution in [3.8, 4) is 0 Å². The Balaban J connectivity index is 0.00000289. The molecule has 1 atom stereocenters. The fourth-order valence-electron chi connectivity index (χ4n) is 0.962. The zero-order valence-electron chi connectivity index (χ0n) is 8.28. The van der Waals surface area contributed by atoms with Crippen molar-refractivity contribution in [2.75, 3.05) is 0 Å². The van der Waals surface area contributed by atoms with Crippen LogP contribution >= 0.6 is 23.7 Å². The number of thiophene rings is 1. The molecular weight excluding hydrogens is 307 g/mol. The maximum Gasteiger partial charge on any atom is 0.455 e. The largest absolute Gasteiger partial charge is 0.455 e. The van der Waals surface area contributed by atoms with Gasteiger partial charge in [0.15, 0.2) is 0 Å². The third kappa shape index (κ3) is 3.06. The van der Waals surface area contributed by atoms with Crippen LogP contribution in [0, 0.1) is 10.1 Å². The van der Waals surface area contributed by atoms with Crippen LogP contribution in [-0.4, -0.2) is 17.0 Å². The molecule has 0 aliphatic rings. The molecule has 0 radical (unpaired) electrons. The second kappa shape index (κ2) is 5.33. The lowest BCUT2D eigenvalue weighted by Crippen LogP contribution is -2.45. The minimum Gasteiger partial charge on any atom is -0.318 e. The lowest BCUT2D eigenvalue weighted by Gasteiger charge is -2.24. The normalized spacial score (nSPS) is 13.9. The Labute approximate surface area is 107 Å².